The lowest BCUT2D eigenvalue weighted by molar-refractivity contribution is -0.490. The molecule has 1 aromatic rings. The quantitative estimate of drug-likeness (QED) is 0.484. The fourth-order valence-electron chi connectivity index (χ4n) is 1.32. The topological polar surface area (TPSA) is 55.6 Å². The molecule has 0 fully saturated rings. The van der Waals surface area contributed by atoms with Gasteiger partial charge in [0.15, 0.2) is 6.10 Å². The van der Waals surface area contributed by atoms with Crippen LogP contribution in [0.3, 0.4) is 0 Å². The van der Waals surface area contributed by atoms with Crippen LogP contribution >= 0.6 is 35.4 Å². The van der Waals surface area contributed by atoms with E-state index < -0.39 is 17.6 Å². The van der Waals surface area contributed by atoms with Crippen molar-refractivity contribution < 1.29 is 9.66 Å². The van der Waals surface area contributed by atoms with Gasteiger partial charge in [-0.2, -0.15) is 0 Å². The average molecular weight is 323 g/mol. The minimum atomic E-state index is -0.852. The predicted octanol–water partition coefficient (Wildman–Crippen LogP) is 3.17. The van der Waals surface area contributed by atoms with Crippen molar-refractivity contribution in [1.29, 1.82) is 0 Å². The van der Waals surface area contributed by atoms with Gasteiger partial charge in [-0.25, -0.2) is 0 Å². The Balaban J connectivity index is 3.02. The van der Waals surface area contributed by atoms with Crippen LogP contribution in [0.5, 0.6) is 0 Å². The summed E-state index contributed by atoms with van der Waals surface area (Å²) >= 11 is 16.8. The standard InChI is InChI=1S/C11H12Cl2N2O3S/c1-14(2)11(19)18-10(6-15(16)17)8-4-3-7(12)5-9(8)13/h3-5,10H,6H2,1-2H3. The van der Waals surface area contributed by atoms with Gasteiger partial charge in [0.05, 0.1) is 0 Å². The van der Waals surface area contributed by atoms with Crippen LogP contribution < -0.4 is 0 Å². The van der Waals surface area contributed by atoms with Crippen LogP contribution in [0, 0.1) is 10.1 Å². The number of rotatable bonds is 4. The highest BCUT2D eigenvalue weighted by Crippen LogP contribution is 2.29. The number of nitro groups is 1. The monoisotopic (exact) mass is 322 g/mol. The molecule has 0 amide bonds. The van der Waals surface area contributed by atoms with Gasteiger partial charge in [0, 0.05) is 34.6 Å². The van der Waals surface area contributed by atoms with Gasteiger partial charge in [0.25, 0.3) is 5.17 Å². The van der Waals surface area contributed by atoms with Crippen LogP contribution in [-0.4, -0.2) is 35.6 Å². The van der Waals surface area contributed by atoms with Crippen LogP contribution in [0.25, 0.3) is 0 Å². The first-order valence-electron chi connectivity index (χ1n) is 5.26. The highest BCUT2D eigenvalue weighted by atomic mass is 35.5. The third-order valence-corrected chi connectivity index (χ3v) is 3.26. The molecule has 1 rings (SSSR count). The second-order valence-corrected chi connectivity index (χ2v) is 5.14. The van der Waals surface area contributed by atoms with Gasteiger partial charge >= 0.3 is 0 Å². The second-order valence-electron chi connectivity index (χ2n) is 3.95. The summed E-state index contributed by atoms with van der Waals surface area (Å²) in [5, 5.41) is 11.6. The lowest BCUT2D eigenvalue weighted by atomic mass is 10.1. The number of ether oxygens (including phenoxy) is 1. The fraction of sp³-hybridized carbons (Fsp3) is 0.364. The van der Waals surface area contributed by atoms with E-state index in [1.165, 1.54) is 6.07 Å². The van der Waals surface area contributed by atoms with E-state index in [-0.39, 0.29) is 5.17 Å². The summed E-state index contributed by atoms with van der Waals surface area (Å²) in [6.07, 6.45) is -0.852. The van der Waals surface area contributed by atoms with Gasteiger partial charge < -0.3 is 9.64 Å². The van der Waals surface area contributed by atoms with Gasteiger partial charge in [0.2, 0.25) is 6.54 Å². The molecular formula is C11H12Cl2N2O3S. The van der Waals surface area contributed by atoms with Gasteiger partial charge in [-0.05, 0) is 24.4 Å². The summed E-state index contributed by atoms with van der Waals surface area (Å²) in [7, 11) is 3.38. The van der Waals surface area contributed by atoms with Crippen molar-refractivity contribution in [1.82, 2.24) is 4.90 Å². The summed E-state index contributed by atoms with van der Waals surface area (Å²) in [6, 6.07) is 4.70. The Bertz CT molecular complexity index is 497. The molecule has 0 saturated heterocycles. The van der Waals surface area contributed by atoms with Crippen molar-refractivity contribution in [3.63, 3.8) is 0 Å². The van der Waals surface area contributed by atoms with Crippen molar-refractivity contribution in [3.05, 3.63) is 43.9 Å². The molecule has 0 aromatic heterocycles. The maximum atomic E-state index is 10.7. The smallest absolute Gasteiger partial charge is 0.259 e. The number of benzene rings is 1. The van der Waals surface area contributed by atoms with E-state index in [4.69, 9.17) is 40.2 Å². The van der Waals surface area contributed by atoms with Crippen molar-refractivity contribution in [3.8, 4) is 0 Å². The molecule has 0 spiro atoms. The Morgan fingerprint density at radius 2 is 2.16 bits per heavy atom. The third kappa shape index (κ3) is 4.81. The summed E-state index contributed by atoms with van der Waals surface area (Å²) in [4.78, 5) is 11.8. The largest absolute Gasteiger partial charge is 0.456 e. The van der Waals surface area contributed by atoms with E-state index in [2.05, 4.69) is 0 Å². The molecule has 0 bridgehead atoms. The Morgan fingerprint density at radius 3 is 2.63 bits per heavy atom. The first kappa shape index (κ1) is 15.9. The zero-order valence-corrected chi connectivity index (χ0v) is 12.6. The molecule has 1 aromatic carbocycles. The number of thiocarbonyl (C=S) groups is 1. The summed E-state index contributed by atoms with van der Waals surface area (Å²) < 4.78 is 5.42. The van der Waals surface area contributed by atoms with Crippen LogP contribution in [0.2, 0.25) is 10.0 Å². The molecule has 104 valence electrons. The van der Waals surface area contributed by atoms with E-state index in [9.17, 15) is 10.1 Å². The molecule has 0 heterocycles. The first-order chi connectivity index (χ1) is 8.81. The normalized spacial score (nSPS) is 11.8. The maximum absolute atomic E-state index is 10.7. The molecule has 0 saturated carbocycles. The molecule has 0 radical (unpaired) electrons. The molecular weight excluding hydrogens is 311 g/mol. The average Bonchev–Trinajstić information content (AvgIpc) is 2.27. The molecule has 0 aliphatic carbocycles. The SMILES string of the molecule is CN(C)C(=S)OC(C[N+](=O)[O-])c1ccc(Cl)cc1Cl. The Kier molecular flexibility index (Phi) is 5.78. The molecule has 1 unspecified atom stereocenters. The van der Waals surface area contributed by atoms with E-state index in [1.54, 1.807) is 31.1 Å². The third-order valence-electron chi connectivity index (χ3n) is 2.23. The zero-order valence-electron chi connectivity index (χ0n) is 10.3. The molecule has 19 heavy (non-hydrogen) atoms. The van der Waals surface area contributed by atoms with Crippen LogP contribution in [0.15, 0.2) is 18.2 Å². The number of halogens is 2. The minimum absolute atomic E-state index is 0.151. The molecule has 5 nitrogen and oxygen atoms in total. The highest BCUT2D eigenvalue weighted by molar-refractivity contribution is 7.80. The van der Waals surface area contributed by atoms with E-state index in [0.717, 1.165) is 0 Å². The molecule has 8 heteroatoms. The zero-order chi connectivity index (χ0) is 14.6. The summed E-state index contributed by atoms with van der Waals surface area (Å²) in [6.45, 7) is -0.435. The number of nitrogens with zero attached hydrogens (tertiary/aromatic N) is 2. The van der Waals surface area contributed by atoms with Crippen LogP contribution in [0.1, 0.15) is 11.7 Å². The van der Waals surface area contributed by atoms with Crippen molar-refractivity contribution in [2.45, 2.75) is 6.10 Å². The van der Waals surface area contributed by atoms with Crippen LogP contribution in [0.4, 0.5) is 0 Å². The lowest BCUT2D eigenvalue weighted by Crippen LogP contribution is -2.27. The second kappa shape index (κ2) is 6.88. The van der Waals surface area contributed by atoms with Gasteiger partial charge in [-0.1, -0.05) is 29.3 Å². The summed E-state index contributed by atoms with van der Waals surface area (Å²) in [5.74, 6) is 0. The van der Waals surface area contributed by atoms with Gasteiger partial charge in [-0.3, -0.25) is 10.1 Å². The predicted molar refractivity (Wildman–Crippen MR) is 78.4 cm³/mol. The van der Waals surface area contributed by atoms with Gasteiger partial charge in [-0.15, -0.1) is 0 Å². The lowest BCUT2D eigenvalue weighted by Gasteiger charge is -2.21. The van der Waals surface area contributed by atoms with E-state index in [0.29, 0.717) is 15.6 Å². The number of hydrogen-bond acceptors (Lipinski definition) is 4. The first-order valence-corrected chi connectivity index (χ1v) is 6.42. The molecule has 0 N–H and O–H groups in total. The van der Waals surface area contributed by atoms with Crippen molar-refractivity contribution in [2.75, 3.05) is 20.6 Å². The summed E-state index contributed by atoms with van der Waals surface area (Å²) in [5.41, 5.74) is 0.479. The molecule has 0 aliphatic rings. The molecule has 0 aliphatic heterocycles. The fourth-order valence-corrected chi connectivity index (χ4v) is 1.97. The van der Waals surface area contributed by atoms with Crippen molar-refractivity contribution >= 4 is 40.6 Å². The Morgan fingerprint density at radius 1 is 1.53 bits per heavy atom. The maximum Gasteiger partial charge on any atom is 0.259 e. The van der Waals surface area contributed by atoms with Gasteiger partial charge in [0.1, 0.15) is 0 Å². The minimum Gasteiger partial charge on any atom is -0.456 e. The van der Waals surface area contributed by atoms with E-state index >= 15 is 0 Å². The van der Waals surface area contributed by atoms with Crippen LogP contribution in [-0.2, 0) is 4.74 Å². The van der Waals surface area contributed by atoms with Crippen molar-refractivity contribution in [2.24, 2.45) is 0 Å². The Labute approximate surface area is 126 Å². The number of hydrogen-bond donors (Lipinski definition) is 0. The highest BCUT2D eigenvalue weighted by Gasteiger charge is 2.24. The van der Waals surface area contributed by atoms with E-state index in [1.807, 2.05) is 0 Å². The Hall–Kier alpha value is -1.11. The molecule has 1 atom stereocenters.